The van der Waals surface area contributed by atoms with Crippen LogP contribution in [-0.4, -0.2) is 114 Å². The lowest BCUT2D eigenvalue weighted by Gasteiger charge is -2.46. The molecule has 2 aliphatic rings. The number of cyclic esters (lactones) is 1. The molecule has 2 heterocycles. The summed E-state index contributed by atoms with van der Waals surface area (Å²) in [6.07, 6.45) is -4.10. The fourth-order valence-electron chi connectivity index (χ4n) is 6.55. The van der Waals surface area contributed by atoms with Crippen LogP contribution in [0.25, 0.3) is 0 Å². The van der Waals surface area contributed by atoms with Crippen LogP contribution in [0.15, 0.2) is 42.0 Å². The minimum Gasteiger partial charge on any atom is -0.462 e. The lowest BCUT2D eigenvalue weighted by molar-refractivity contribution is -0.302. The van der Waals surface area contributed by atoms with E-state index in [1.165, 1.54) is 6.08 Å². The highest BCUT2D eigenvalue weighted by molar-refractivity contribution is 5.92. The van der Waals surface area contributed by atoms with Crippen LogP contribution < -0.4 is 5.32 Å². The number of nitrogens with zero attached hydrogens (tertiary/aromatic N) is 1. The van der Waals surface area contributed by atoms with Crippen molar-refractivity contribution in [1.82, 2.24) is 4.90 Å². The van der Waals surface area contributed by atoms with E-state index in [1.807, 2.05) is 0 Å². The van der Waals surface area contributed by atoms with Crippen LogP contribution in [-0.2, 0) is 33.3 Å². The maximum Gasteiger partial charge on any atom is 0.411 e. The highest BCUT2D eigenvalue weighted by Crippen LogP contribution is 2.32. The first-order chi connectivity index (χ1) is 24.4. The van der Waals surface area contributed by atoms with Crippen molar-refractivity contribution in [3.8, 4) is 0 Å². The first-order valence-corrected chi connectivity index (χ1v) is 17.4. The Hall–Kier alpha value is -3.60. The third-order valence-electron chi connectivity index (χ3n) is 9.57. The minimum absolute atomic E-state index is 0.00158. The summed E-state index contributed by atoms with van der Waals surface area (Å²) in [5.74, 6) is -6.26. The summed E-state index contributed by atoms with van der Waals surface area (Å²) in [4.78, 5) is 53.3. The fraction of sp³-hybridized carbons (Fsp3) is 0.622. The third-order valence-corrected chi connectivity index (χ3v) is 9.57. The molecule has 0 saturated carbocycles. The number of likely N-dealkylation sites (N-methyl/N-ethyl adjacent to an activating group) is 1. The van der Waals surface area contributed by atoms with Crippen LogP contribution in [0.1, 0.15) is 53.9 Å². The third kappa shape index (κ3) is 11.7. The molecule has 290 valence electrons. The zero-order valence-electron chi connectivity index (χ0n) is 30.6. The van der Waals surface area contributed by atoms with E-state index in [0.29, 0.717) is 17.9 Å². The number of amides is 1. The summed E-state index contributed by atoms with van der Waals surface area (Å²) in [5, 5.41) is 35.4. The first kappa shape index (κ1) is 42.8. The number of halogens is 2. The summed E-state index contributed by atoms with van der Waals surface area (Å²) >= 11 is 0. The molecule has 1 saturated heterocycles. The highest BCUT2D eigenvalue weighted by atomic mass is 19.1. The van der Waals surface area contributed by atoms with Gasteiger partial charge in [-0.1, -0.05) is 38.5 Å². The Bertz CT molecular complexity index is 1440. The van der Waals surface area contributed by atoms with Crippen molar-refractivity contribution in [1.29, 1.82) is 0 Å². The number of aliphatic hydroxyl groups is 3. The second-order valence-electron chi connectivity index (χ2n) is 13.9. The van der Waals surface area contributed by atoms with Gasteiger partial charge in [-0.15, -0.1) is 0 Å². The molecule has 52 heavy (non-hydrogen) atoms. The largest absolute Gasteiger partial charge is 0.462 e. The molecule has 1 aromatic carbocycles. The predicted molar refractivity (Wildman–Crippen MR) is 185 cm³/mol. The number of hydrogen-bond acceptors (Lipinski definition) is 12. The van der Waals surface area contributed by atoms with E-state index >= 15 is 0 Å². The summed E-state index contributed by atoms with van der Waals surface area (Å²) in [7, 11) is 3.35. The number of ether oxygens (including phenoxy) is 4. The number of anilines is 1. The van der Waals surface area contributed by atoms with Crippen LogP contribution in [0.4, 0.5) is 19.3 Å². The Morgan fingerprint density at radius 3 is 2.31 bits per heavy atom. The number of ketones is 1. The zero-order chi connectivity index (χ0) is 38.9. The van der Waals surface area contributed by atoms with Crippen molar-refractivity contribution in [3.63, 3.8) is 0 Å². The van der Waals surface area contributed by atoms with Gasteiger partial charge in [0.2, 0.25) is 0 Å². The molecule has 1 fully saturated rings. The SMILES string of the molecule is CC[C@H]1OC(=O)C[C@@H](O)[C@H](C)[C@@H](O[C@@H]2O[C@H](C)[C@@H](O)[C@H](N(C)C)[C@H]2O)C(C=O)C[C@@H](C)C(=O)/C=C\C(C)=C\[C@@H]1COC(=O)Nc1cc(F)cc(F)c1. The zero-order valence-corrected chi connectivity index (χ0v) is 30.6. The summed E-state index contributed by atoms with van der Waals surface area (Å²) in [6.45, 7) is 7.90. The van der Waals surface area contributed by atoms with E-state index in [2.05, 4.69) is 5.32 Å². The molecule has 1 unspecified atom stereocenters. The maximum absolute atomic E-state index is 13.6. The summed E-state index contributed by atoms with van der Waals surface area (Å²) in [5.41, 5.74) is 0.387. The van der Waals surface area contributed by atoms with Crippen LogP contribution in [0.3, 0.4) is 0 Å². The Morgan fingerprint density at radius 1 is 1.06 bits per heavy atom. The van der Waals surface area contributed by atoms with Crippen LogP contribution >= 0.6 is 0 Å². The van der Waals surface area contributed by atoms with Gasteiger partial charge in [-0.25, -0.2) is 13.6 Å². The Morgan fingerprint density at radius 2 is 1.71 bits per heavy atom. The van der Waals surface area contributed by atoms with Crippen molar-refractivity contribution in [3.05, 3.63) is 53.6 Å². The van der Waals surface area contributed by atoms with Gasteiger partial charge in [0, 0.05) is 35.4 Å². The average molecular weight is 739 g/mol. The molecule has 15 heteroatoms. The average Bonchev–Trinajstić information content (AvgIpc) is 3.06. The molecule has 0 aliphatic carbocycles. The van der Waals surface area contributed by atoms with Crippen molar-refractivity contribution < 1.29 is 62.2 Å². The van der Waals surface area contributed by atoms with Crippen LogP contribution in [0.2, 0.25) is 0 Å². The molecule has 0 radical (unpaired) electrons. The molecule has 3 rings (SSSR count). The normalized spacial score (nSPS) is 35.6. The molecule has 4 N–H and O–H groups in total. The molecule has 13 nitrogen and oxygen atoms in total. The Kier molecular flexibility index (Phi) is 16.0. The van der Waals surface area contributed by atoms with Gasteiger partial charge in [-0.05, 0) is 59.0 Å². The van der Waals surface area contributed by atoms with E-state index in [0.717, 1.165) is 12.1 Å². The van der Waals surface area contributed by atoms with Gasteiger partial charge in [-0.3, -0.25) is 14.9 Å². The molecule has 2 aliphatic heterocycles. The van der Waals surface area contributed by atoms with Gasteiger partial charge in [0.1, 0.15) is 36.7 Å². The number of carbonyl (C=O) groups is 4. The highest BCUT2D eigenvalue weighted by Gasteiger charge is 2.47. The van der Waals surface area contributed by atoms with Gasteiger partial charge in [-0.2, -0.15) is 0 Å². The number of benzene rings is 1. The van der Waals surface area contributed by atoms with Gasteiger partial charge in [0.15, 0.2) is 12.1 Å². The molecule has 1 amide bonds. The standard InChI is InChI=1S/C37H52F2N2O11/c1-8-30-24(18-49-37(48)40-27-14-25(38)13-26(39)15-27)11-19(2)9-10-28(43)20(3)12-23(17-42)35(21(4)29(44)16-31(45)51-30)52-36-34(47)32(41(6)7)33(46)22(5)50-36/h9-11,13-15,17,20-24,29-30,32-36,44,46-47H,8,12,16,18H2,1-7H3,(H,40,48)/b10-9-,19-11+/t20-,21+,22-,23?,24-,29-,30-,32+,33-,34-,35-,36+/m1/s1. The van der Waals surface area contributed by atoms with Crippen LogP contribution in [0.5, 0.6) is 0 Å². The van der Waals surface area contributed by atoms with E-state index in [9.17, 15) is 43.3 Å². The molecular weight excluding hydrogens is 686 g/mol. The first-order valence-electron chi connectivity index (χ1n) is 17.4. The predicted octanol–water partition coefficient (Wildman–Crippen LogP) is 3.55. The number of carbonyl (C=O) groups excluding carboxylic acids is 4. The van der Waals surface area contributed by atoms with Gasteiger partial charge in [0.05, 0.1) is 36.9 Å². The molecule has 12 atom stereocenters. The molecule has 1 aromatic rings. The van der Waals surface area contributed by atoms with E-state index in [-0.39, 0.29) is 30.9 Å². The Labute approximate surface area is 302 Å². The number of esters is 1. The number of aliphatic hydroxyl groups excluding tert-OH is 3. The smallest absolute Gasteiger partial charge is 0.411 e. The van der Waals surface area contributed by atoms with Crippen molar-refractivity contribution in [2.24, 2.45) is 23.7 Å². The molecular formula is C37H52F2N2O11. The van der Waals surface area contributed by atoms with Crippen molar-refractivity contribution in [2.45, 2.75) is 103 Å². The van der Waals surface area contributed by atoms with E-state index in [4.69, 9.17) is 18.9 Å². The van der Waals surface area contributed by atoms with Gasteiger partial charge >= 0.3 is 12.1 Å². The molecule has 0 spiro atoms. The van der Waals surface area contributed by atoms with Crippen molar-refractivity contribution >= 4 is 29.8 Å². The second kappa shape index (κ2) is 19.5. The van der Waals surface area contributed by atoms with E-state index in [1.54, 1.807) is 65.8 Å². The number of allylic oxidation sites excluding steroid dienone is 3. The van der Waals surface area contributed by atoms with Crippen molar-refractivity contribution in [2.75, 3.05) is 26.0 Å². The van der Waals surface area contributed by atoms with Crippen LogP contribution in [0, 0.1) is 35.3 Å². The quantitative estimate of drug-likeness (QED) is 0.225. The fourth-order valence-corrected chi connectivity index (χ4v) is 6.55. The second-order valence-corrected chi connectivity index (χ2v) is 13.9. The van der Waals surface area contributed by atoms with Gasteiger partial charge < -0.3 is 44.0 Å². The summed E-state index contributed by atoms with van der Waals surface area (Å²) < 4.78 is 50.4. The lowest BCUT2D eigenvalue weighted by atomic mass is 9.81. The molecule has 0 bridgehead atoms. The monoisotopic (exact) mass is 738 g/mol. The lowest BCUT2D eigenvalue weighted by Crippen LogP contribution is -2.63. The maximum atomic E-state index is 13.6. The van der Waals surface area contributed by atoms with E-state index < -0.39 is 103 Å². The molecule has 0 aromatic heterocycles. The number of hydrogen-bond donors (Lipinski definition) is 4. The number of nitrogens with one attached hydrogen (secondary N) is 1. The Balaban J connectivity index is 1.90. The number of rotatable bonds is 8. The summed E-state index contributed by atoms with van der Waals surface area (Å²) in [6, 6.07) is 1.69. The number of aldehydes is 1. The topological polar surface area (TPSA) is 181 Å². The minimum atomic E-state index is -1.42. The van der Waals surface area contributed by atoms with Gasteiger partial charge in [0.25, 0.3) is 0 Å².